The van der Waals surface area contributed by atoms with Gasteiger partial charge in [-0.3, -0.25) is 18.6 Å². The second kappa shape index (κ2) is 9.04. The van der Waals surface area contributed by atoms with Crippen molar-refractivity contribution in [2.24, 2.45) is 7.05 Å². The Morgan fingerprint density at radius 1 is 1.22 bits per heavy atom. The van der Waals surface area contributed by atoms with E-state index in [1.54, 1.807) is 32.4 Å². The van der Waals surface area contributed by atoms with Gasteiger partial charge in [0.25, 0.3) is 11.5 Å². The van der Waals surface area contributed by atoms with E-state index in [0.717, 1.165) is 17.7 Å². The highest BCUT2D eigenvalue weighted by molar-refractivity contribution is 7.98. The smallest absolute Gasteiger partial charge is 0.262 e. The number of ether oxygens (including phenoxy) is 1. The molecule has 1 amide bonds. The van der Waals surface area contributed by atoms with Crippen molar-refractivity contribution in [1.29, 1.82) is 0 Å². The predicted molar refractivity (Wildman–Crippen MR) is 126 cm³/mol. The fourth-order valence-corrected chi connectivity index (χ4v) is 4.30. The molecule has 0 spiro atoms. The lowest BCUT2D eigenvalue weighted by Gasteiger charge is -2.13. The summed E-state index contributed by atoms with van der Waals surface area (Å²) in [7, 11) is 3.31. The third kappa shape index (κ3) is 4.08. The molecule has 2 aromatic heterocycles. The third-order valence-electron chi connectivity index (χ3n) is 5.44. The highest BCUT2D eigenvalue weighted by Crippen LogP contribution is 2.26. The van der Waals surface area contributed by atoms with Crippen LogP contribution in [0.4, 0.5) is 0 Å². The molecule has 1 N–H and O–H groups in total. The molecule has 0 saturated heterocycles. The lowest BCUT2D eigenvalue weighted by atomic mass is 10.1. The van der Waals surface area contributed by atoms with Gasteiger partial charge in [-0.2, -0.15) is 0 Å². The van der Waals surface area contributed by atoms with Gasteiger partial charge in [-0.1, -0.05) is 30.8 Å². The monoisotopic (exact) mass is 451 g/mol. The molecule has 4 rings (SSSR count). The first-order valence-electron chi connectivity index (χ1n) is 10.4. The average molecular weight is 452 g/mol. The number of aromatic nitrogens is 4. The topological polar surface area (TPSA) is 90.5 Å². The van der Waals surface area contributed by atoms with E-state index < -0.39 is 0 Å². The molecular formula is C23H25N5O3S. The molecule has 2 aromatic carbocycles. The van der Waals surface area contributed by atoms with Gasteiger partial charge in [0, 0.05) is 24.4 Å². The normalized spacial score (nSPS) is 12.2. The summed E-state index contributed by atoms with van der Waals surface area (Å²) in [6, 6.07) is 13.0. The van der Waals surface area contributed by atoms with Crippen LogP contribution in [0.1, 0.15) is 36.2 Å². The number of methoxy groups -OCH3 is 1. The van der Waals surface area contributed by atoms with Crippen molar-refractivity contribution in [3.8, 4) is 5.75 Å². The number of aryl methyl sites for hydroxylation is 1. The molecule has 9 heteroatoms. The minimum Gasteiger partial charge on any atom is -0.497 e. The zero-order valence-electron chi connectivity index (χ0n) is 18.5. The number of hydrogen-bond acceptors (Lipinski definition) is 6. The number of carbonyl (C=O) groups excluding carboxylic acids is 1. The van der Waals surface area contributed by atoms with Gasteiger partial charge in [0.2, 0.25) is 5.78 Å². The van der Waals surface area contributed by atoms with Gasteiger partial charge in [0.1, 0.15) is 5.75 Å². The minimum atomic E-state index is -0.182. The van der Waals surface area contributed by atoms with E-state index in [4.69, 9.17) is 4.74 Å². The highest BCUT2D eigenvalue weighted by Gasteiger charge is 2.17. The van der Waals surface area contributed by atoms with E-state index in [-0.39, 0.29) is 17.5 Å². The lowest BCUT2D eigenvalue weighted by Crippen LogP contribution is -2.32. The molecule has 0 aliphatic heterocycles. The van der Waals surface area contributed by atoms with Crippen molar-refractivity contribution in [1.82, 2.24) is 24.5 Å². The van der Waals surface area contributed by atoms with Crippen LogP contribution < -0.4 is 15.6 Å². The number of benzene rings is 2. The number of nitrogens with one attached hydrogen (secondary N) is 1. The van der Waals surface area contributed by atoms with E-state index in [1.807, 2.05) is 42.5 Å². The fraction of sp³-hybridized carbons (Fsp3) is 0.304. The maximum Gasteiger partial charge on any atom is 0.262 e. The number of carbonyl (C=O) groups is 1. The Labute approximate surface area is 189 Å². The van der Waals surface area contributed by atoms with Crippen molar-refractivity contribution >= 4 is 34.3 Å². The van der Waals surface area contributed by atoms with Crippen molar-refractivity contribution < 1.29 is 9.53 Å². The van der Waals surface area contributed by atoms with E-state index >= 15 is 0 Å². The van der Waals surface area contributed by atoms with E-state index in [2.05, 4.69) is 15.5 Å². The zero-order chi connectivity index (χ0) is 22.8. The minimum absolute atomic E-state index is 0.0609. The Hall–Kier alpha value is -3.33. The highest BCUT2D eigenvalue weighted by atomic mass is 32.2. The third-order valence-corrected chi connectivity index (χ3v) is 6.44. The van der Waals surface area contributed by atoms with Crippen LogP contribution in [0.5, 0.6) is 5.75 Å². The van der Waals surface area contributed by atoms with E-state index in [1.165, 1.54) is 16.3 Å². The van der Waals surface area contributed by atoms with Crippen LogP contribution in [0.15, 0.2) is 52.4 Å². The van der Waals surface area contributed by atoms with Gasteiger partial charge >= 0.3 is 0 Å². The van der Waals surface area contributed by atoms with Crippen LogP contribution >= 0.6 is 11.8 Å². The van der Waals surface area contributed by atoms with Crippen molar-refractivity contribution in [2.45, 2.75) is 37.2 Å². The number of thioether (sulfide) groups is 1. The molecule has 2 heterocycles. The van der Waals surface area contributed by atoms with Crippen LogP contribution in [0.25, 0.3) is 16.7 Å². The molecule has 166 valence electrons. The first kappa shape index (κ1) is 21.9. The number of fused-ring (bicyclic) bond motifs is 3. The van der Waals surface area contributed by atoms with E-state index in [0.29, 0.717) is 33.2 Å². The summed E-state index contributed by atoms with van der Waals surface area (Å²) >= 11 is 1.50. The fourth-order valence-electron chi connectivity index (χ4n) is 3.41. The van der Waals surface area contributed by atoms with Gasteiger partial charge in [-0.25, -0.2) is 0 Å². The molecule has 32 heavy (non-hydrogen) atoms. The number of nitrogens with zero attached hydrogens (tertiary/aromatic N) is 4. The van der Waals surface area contributed by atoms with Gasteiger partial charge < -0.3 is 10.1 Å². The standard InChI is InChI=1S/C23H25N5O3S/c1-5-14(2)24-20(29)16-9-10-18-19(12-16)28-22(27(3)21(18)30)25-26-23(28)32-13-15-7-6-8-17(11-15)31-4/h6-12,14H,5,13H2,1-4H3,(H,24,29). The van der Waals surface area contributed by atoms with Crippen LogP contribution in [-0.2, 0) is 12.8 Å². The lowest BCUT2D eigenvalue weighted by molar-refractivity contribution is 0.0939. The van der Waals surface area contributed by atoms with Crippen LogP contribution in [0, 0.1) is 0 Å². The molecule has 0 aliphatic rings. The van der Waals surface area contributed by atoms with Crippen LogP contribution in [-0.4, -0.2) is 38.2 Å². The first-order chi connectivity index (χ1) is 15.4. The molecular weight excluding hydrogens is 426 g/mol. The van der Waals surface area contributed by atoms with Gasteiger partial charge in [0.05, 0.1) is 18.0 Å². The Kier molecular flexibility index (Phi) is 6.18. The predicted octanol–water partition coefficient (Wildman–Crippen LogP) is 3.41. The number of hydrogen-bond donors (Lipinski definition) is 1. The summed E-state index contributed by atoms with van der Waals surface area (Å²) in [6.07, 6.45) is 0.834. The Morgan fingerprint density at radius 2 is 2.03 bits per heavy atom. The van der Waals surface area contributed by atoms with Crippen molar-refractivity contribution in [3.63, 3.8) is 0 Å². The van der Waals surface area contributed by atoms with Gasteiger partial charge in [-0.15, -0.1) is 10.2 Å². The van der Waals surface area contributed by atoms with Crippen LogP contribution in [0.3, 0.4) is 0 Å². The molecule has 8 nitrogen and oxygen atoms in total. The molecule has 0 radical (unpaired) electrons. The average Bonchev–Trinajstić information content (AvgIpc) is 3.25. The maximum atomic E-state index is 12.9. The Bertz CT molecular complexity index is 1360. The second-order valence-electron chi connectivity index (χ2n) is 7.64. The molecule has 0 fully saturated rings. The number of amides is 1. The summed E-state index contributed by atoms with van der Waals surface area (Å²) < 4.78 is 8.61. The molecule has 0 bridgehead atoms. The summed E-state index contributed by atoms with van der Waals surface area (Å²) in [5, 5.41) is 12.7. The van der Waals surface area contributed by atoms with Gasteiger partial charge in [0.15, 0.2) is 5.16 Å². The maximum absolute atomic E-state index is 12.9. The molecule has 0 saturated carbocycles. The number of rotatable bonds is 7. The zero-order valence-corrected chi connectivity index (χ0v) is 19.3. The summed E-state index contributed by atoms with van der Waals surface area (Å²) in [4.78, 5) is 25.6. The molecule has 1 atom stereocenters. The molecule has 4 aromatic rings. The van der Waals surface area contributed by atoms with Gasteiger partial charge in [-0.05, 0) is 49.2 Å². The van der Waals surface area contributed by atoms with Crippen molar-refractivity contribution in [3.05, 3.63) is 63.9 Å². The second-order valence-corrected chi connectivity index (χ2v) is 8.58. The summed E-state index contributed by atoms with van der Waals surface area (Å²) in [5.41, 5.74) is 2.00. The quantitative estimate of drug-likeness (QED) is 0.433. The Morgan fingerprint density at radius 3 is 2.78 bits per heavy atom. The first-order valence-corrected chi connectivity index (χ1v) is 11.4. The summed E-state index contributed by atoms with van der Waals surface area (Å²) in [5.74, 6) is 1.69. The largest absolute Gasteiger partial charge is 0.497 e. The van der Waals surface area contributed by atoms with Crippen molar-refractivity contribution in [2.75, 3.05) is 7.11 Å². The van der Waals surface area contributed by atoms with Crippen LogP contribution in [0.2, 0.25) is 0 Å². The molecule has 0 aliphatic carbocycles. The van der Waals surface area contributed by atoms with E-state index in [9.17, 15) is 9.59 Å². The molecule has 1 unspecified atom stereocenters. The Balaban J connectivity index is 1.78. The SMILES string of the molecule is CCC(C)NC(=O)c1ccc2c(=O)n(C)c3nnc(SCc4cccc(OC)c4)n3c2c1. The summed E-state index contributed by atoms with van der Waals surface area (Å²) in [6.45, 7) is 3.97.